The summed E-state index contributed by atoms with van der Waals surface area (Å²) in [6, 6.07) is 57.0. The van der Waals surface area contributed by atoms with E-state index in [0.717, 1.165) is 38.6 Å². The van der Waals surface area contributed by atoms with Crippen LogP contribution < -0.4 is 0 Å². The van der Waals surface area contributed by atoms with Gasteiger partial charge < -0.3 is 0 Å². The van der Waals surface area contributed by atoms with Gasteiger partial charge in [0, 0.05) is 22.1 Å². The zero-order valence-electron chi connectivity index (χ0n) is 34.6. The van der Waals surface area contributed by atoms with Crippen molar-refractivity contribution in [3.8, 4) is 78.4 Å². The van der Waals surface area contributed by atoms with Crippen LogP contribution in [0.5, 0.6) is 0 Å². The summed E-state index contributed by atoms with van der Waals surface area (Å²) < 4.78 is 36.4. The van der Waals surface area contributed by atoms with Crippen molar-refractivity contribution in [3.05, 3.63) is 205 Å². The highest BCUT2D eigenvalue weighted by Gasteiger charge is 2.35. The first-order chi connectivity index (χ1) is 28.7. The molecule has 0 saturated carbocycles. The molecule has 0 spiro atoms. The van der Waals surface area contributed by atoms with Crippen LogP contribution in [0.25, 0.3) is 89.2 Å². The van der Waals surface area contributed by atoms with E-state index < -0.39 is 0 Å². The number of nitrogens with zero attached hydrogens (tertiary/aromatic N) is 2. The van der Waals surface area contributed by atoms with Crippen molar-refractivity contribution >= 4 is 10.8 Å². The molecule has 1 aliphatic carbocycles. The van der Waals surface area contributed by atoms with Gasteiger partial charge in [-0.2, -0.15) is 0 Å². The summed E-state index contributed by atoms with van der Waals surface area (Å²) in [5, 5.41) is 2.06. The van der Waals surface area contributed by atoms with Gasteiger partial charge in [-0.3, -0.25) is 0 Å². The Kier molecular flexibility index (Phi) is 6.86. The van der Waals surface area contributed by atoms with E-state index in [0.29, 0.717) is 22.8 Å². The van der Waals surface area contributed by atoms with Crippen molar-refractivity contribution in [1.29, 1.82) is 0 Å². The van der Waals surface area contributed by atoms with Crippen LogP contribution in [0.2, 0.25) is 0 Å². The van der Waals surface area contributed by atoms with Gasteiger partial charge in [-0.05, 0) is 84.6 Å². The Morgan fingerprint density at radius 2 is 0.909 bits per heavy atom. The summed E-state index contributed by atoms with van der Waals surface area (Å²) >= 11 is 0. The minimum Gasteiger partial charge on any atom is -0.228 e. The van der Waals surface area contributed by atoms with Crippen molar-refractivity contribution in [2.45, 2.75) is 19.3 Å². The lowest BCUT2D eigenvalue weighted by atomic mass is 9.81. The standard InChI is InChI=1S/C53H38N2/c1-53(2)48-23-12-11-22-45(48)46-29-28-40(33-49(46)53)39-18-13-19-41(32-39)42-30-31-47(44-21-10-9-20-43(42)44)51-34-50(54-52(55-51)38-16-7-4-8-17-38)37-26-24-36(25-27-37)35-14-5-3-6-15-35/h3-34H,1-2H3/i24D,25D,26D,27D. The molecule has 2 heteroatoms. The summed E-state index contributed by atoms with van der Waals surface area (Å²) in [6.07, 6.45) is 0. The molecule has 0 amide bonds. The third-order valence-corrected chi connectivity index (χ3v) is 11.0. The van der Waals surface area contributed by atoms with Crippen LogP contribution in [0.15, 0.2) is 194 Å². The van der Waals surface area contributed by atoms with E-state index in [1.807, 2.05) is 54.6 Å². The van der Waals surface area contributed by atoms with Crippen LogP contribution in [0.4, 0.5) is 0 Å². The molecule has 0 atom stereocenters. The maximum atomic E-state index is 9.18. The predicted molar refractivity (Wildman–Crippen MR) is 230 cm³/mol. The molecule has 1 aliphatic rings. The van der Waals surface area contributed by atoms with Crippen LogP contribution in [0.3, 0.4) is 0 Å². The summed E-state index contributed by atoms with van der Waals surface area (Å²) in [4.78, 5) is 10.0. The second kappa shape index (κ2) is 13.2. The minimum atomic E-state index is -0.148. The van der Waals surface area contributed by atoms with Gasteiger partial charge in [0.15, 0.2) is 5.82 Å². The highest BCUT2D eigenvalue weighted by Crippen LogP contribution is 2.49. The fourth-order valence-corrected chi connectivity index (χ4v) is 8.14. The van der Waals surface area contributed by atoms with Crippen molar-refractivity contribution in [3.63, 3.8) is 0 Å². The molecule has 0 fully saturated rings. The zero-order chi connectivity index (χ0) is 40.4. The first kappa shape index (κ1) is 28.6. The van der Waals surface area contributed by atoms with Gasteiger partial charge in [0.05, 0.1) is 16.9 Å². The van der Waals surface area contributed by atoms with Gasteiger partial charge in [-0.1, -0.05) is 190 Å². The molecule has 1 aromatic heterocycles. The van der Waals surface area contributed by atoms with Crippen molar-refractivity contribution in [2.24, 2.45) is 0 Å². The van der Waals surface area contributed by atoms with E-state index in [2.05, 4.69) is 111 Å². The largest absolute Gasteiger partial charge is 0.228 e. The van der Waals surface area contributed by atoms with Crippen LogP contribution >= 0.6 is 0 Å². The average Bonchev–Trinajstić information content (AvgIpc) is 3.51. The maximum Gasteiger partial charge on any atom is 0.160 e. The van der Waals surface area contributed by atoms with Crippen LogP contribution in [-0.4, -0.2) is 9.97 Å². The molecule has 0 N–H and O–H groups in total. The Hall–Kier alpha value is -6.90. The Labute approximate surface area is 328 Å². The maximum absolute atomic E-state index is 9.18. The second-order valence-corrected chi connectivity index (χ2v) is 14.7. The van der Waals surface area contributed by atoms with E-state index in [1.165, 1.54) is 27.8 Å². The van der Waals surface area contributed by atoms with E-state index in [-0.39, 0.29) is 40.7 Å². The van der Waals surface area contributed by atoms with Gasteiger partial charge in [0.2, 0.25) is 0 Å². The lowest BCUT2D eigenvalue weighted by Gasteiger charge is -2.22. The Morgan fingerprint density at radius 1 is 0.364 bits per heavy atom. The predicted octanol–water partition coefficient (Wildman–Crippen LogP) is 13.9. The Balaban J connectivity index is 1.10. The molecule has 0 radical (unpaired) electrons. The number of hydrogen-bond donors (Lipinski definition) is 0. The summed E-state index contributed by atoms with van der Waals surface area (Å²) in [6.45, 7) is 4.63. The Morgan fingerprint density at radius 3 is 1.69 bits per heavy atom. The highest BCUT2D eigenvalue weighted by atomic mass is 14.9. The topological polar surface area (TPSA) is 25.8 Å². The molecule has 0 aliphatic heterocycles. The van der Waals surface area contributed by atoms with Gasteiger partial charge in [0.25, 0.3) is 0 Å². The highest BCUT2D eigenvalue weighted by molar-refractivity contribution is 6.05. The lowest BCUT2D eigenvalue weighted by Crippen LogP contribution is -2.14. The summed E-state index contributed by atoms with van der Waals surface area (Å²) in [7, 11) is 0. The quantitative estimate of drug-likeness (QED) is 0.172. The second-order valence-electron chi connectivity index (χ2n) is 14.7. The van der Waals surface area contributed by atoms with Crippen LogP contribution in [0, 0.1) is 0 Å². The van der Waals surface area contributed by atoms with E-state index in [1.54, 1.807) is 18.2 Å². The monoisotopic (exact) mass is 706 g/mol. The van der Waals surface area contributed by atoms with Crippen LogP contribution in [-0.2, 0) is 5.41 Å². The first-order valence-corrected chi connectivity index (χ1v) is 18.7. The number of hydrogen-bond acceptors (Lipinski definition) is 2. The molecule has 55 heavy (non-hydrogen) atoms. The van der Waals surface area contributed by atoms with Gasteiger partial charge >= 0.3 is 0 Å². The lowest BCUT2D eigenvalue weighted by molar-refractivity contribution is 0.660. The molecule has 0 unspecified atom stereocenters. The number of fused-ring (bicyclic) bond motifs is 4. The van der Waals surface area contributed by atoms with Gasteiger partial charge in [-0.15, -0.1) is 0 Å². The molecule has 260 valence electrons. The van der Waals surface area contributed by atoms with Crippen molar-refractivity contribution < 1.29 is 5.48 Å². The third kappa shape index (κ3) is 5.75. The molecule has 1 heterocycles. The fraction of sp³-hybridized carbons (Fsp3) is 0.0566. The van der Waals surface area contributed by atoms with Gasteiger partial charge in [-0.25, -0.2) is 9.97 Å². The molecule has 0 bridgehead atoms. The third-order valence-electron chi connectivity index (χ3n) is 11.0. The normalized spacial score (nSPS) is 13.7. The van der Waals surface area contributed by atoms with E-state index in [9.17, 15) is 2.74 Å². The zero-order valence-corrected chi connectivity index (χ0v) is 30.6. The van der Waals surface area contributed by atoms with Crippen molar-refractivity contribution in [1.82, 2.24) is 9.97 Å². The smallest absolute Gasteiger partial charge is 0.160 e. The Bertz CT molecular complexity index is 3090. The summed E-state index contributed by atoms with van der Waals surface area (Å²) in [5.74, 6) is 0.434. The molecule has 8 aromatic carbocycles. The fourth-order valence-electron chi connectivity index (χ4n) is 8.14. The molecular formula is C53H38N2. The minimum absolute atomic E-state index is 0.0874. The molecule has 0 saturated heterocycles. The van der Waals surface area contributed by atoms with Crippen molar-refractivity contribution in [2.75, 3.05) is 0 Å². The van der Waals surface area contributed by atoms with Gasteiger partial charge in [0.1, 0.15) is 0 Å². The number of rotatable bonds is 6. The number of aromatic nitrogens is 2. The average molecular weight is 707 g/mol. The molecule has 10 rings (SSSR count). The van der Waals surface area contributed by atoms with Crippen LogP contribution in [0.1, 0.15) is 30.5 Å². The molecule has 2 nitrogen and oxygen atoms in total. The number of benzene rings is 8. The molecule has 9 aromatic rings. The van der Waals surface area contributed by atoms with E-state index in [4.69, 9.17) is 12.7 Å². The summed E-state index contributed by atoms with van der Waals surface area (Å²) in [5.41, 5.74) is 13.4. The molecular weight excluding hydrogens is 665 g/mol. The first-order valence-electron chi connectivity index (χ1n) is 20.7. The SMILES string of the molecule is [2H]c1c([2H])c(-c2cc(-c3ccc(-c4cccc(-c5ccc6c(c5)C(C)(C)c5ccccc5-6)c4)c4ccccc34)nc(-c3ccccc3)n2)c([2H])c([2H])c1-c1ccccc1. The van der Waals surface area contributed by atoms with E-state index >= 15 is 0 Å².